The molecule has 78 valence electrons. The standard InChI is InChI=1S/C5H4F2O2.2C2H6/c6-5(7)3(8)1-2-4(5)9;2*1-2/h1-2H2;2*1-2H3. The van der Waals surface area contributed by atoms with Gasteiger partial charge in [0.1, 0.15) is 0 Å². The summed E-state index contributed by atoms with van der Waals surface area (Å²) in [7, 11) is 0. The number of alkyl halides is 2. The molecule has 0 atom stereocenters. The number of Topliss-reactive ketones (excluding diaryl/α,β-unsaturated/α-hetero) is 2. The number of hydrogen-bond donors (Lipinski definition) is 0. The molecule has 0 heterocycles. The molecule has 0 aromatic heterocycles. The quantitative estimate of drug-likeness (QED) is 0.555. The second-order valence-corrected chi connectivity index (χ2v) is 1.92. The van der Waals surface area contributed by atoms with E-state index in [9.17, 15) is 18.4 Å². The highest BCUT2D eigenvalue weighted by Gasteiger charge is 2.50. The number of rotatable bonds is 0. The van der Waals surface area contributed by atoms with Crippen molar-refractivity contribution >= 4 is 11.6 Å². The maximum atomic E-state index is 12.0. The van der Waals surface area contributed by atoms with Crippen LogP contribution in [-0.2, 0) is 9.59 Å². The van der Waals surface area contributed by atoms with Crippen LogP contribution in [0.1, 0.15) is 40.5 Å². The molecule has 13 heavy (non-hydrogen) atoms. The van der Waals surface area contributed by atoms with Crippen molar-refractivity contribution < 1.29 is 18.4 Å². The molecule has 4 heteroatoms. The van der Waals surface area contributed by atoms with Crippen molar-refractivity contribution in [2.24, 2.45) is 0 Å². The highest BCUT2D eigenvalue weighted by molar-refractivity contribution is 6.14. The lowest BCUT2D eigenvalue weighted by Gasteiger charge is -2.00. The normalized spacial score (nSPS) is 18.3. The van der Waals surface area contributed by atoms with Crippen molar-refractivity contribution in [3.05, 3.63) is 0 Å². The molecular formula is C9H16F2O2. The smallest absolute Gasteiger partial charge is 0.292 e. The molecule has 0 amide bonds. The number of halogens is 2. The molecule has 0 saturated heterocycles. The minimum absolute atomic E-state index is 0.300. The van der Waals surface area contributed by atoms with E-state index in [2.05, 4.69) is 0 Å². The van der Waals surface area contributed by atoms with Crippen LogP contribution >= 0.6 is 0 Å². The Morgan fingerprint density at radius 3 is 1.23 bits per heavy atom. The first-order valence-corrected chi connectivity index (χ1v) is 4.49. The van der Waals surface area contributed by atoms with Crippen molar-refractivity contribution in [1.82, 2.24) is 0 Å². The number of hydrogen-bond acceptors (Lipinski definition) is 2. The largest absolute Gasteiger partial charge is 0.362 e. The van der Waals surface area contributed by atoms with Gasteiger partial charge in [-0.3, -0.25) is 9.59 Å². The van der Waals surface area contributed by atoms with Gasteiger partial charge in [-0.25, -0.2) is 0 Å². The van der Waals surface area contributed by atoms with Crippen molar-refractivity contribution in [3.8, 4) is 0 Å². The van der Waals surface area contributed by atoms with Gasteiger partial charge in [0.2, 0.25) is 11.6 Å². The van der Waals surface area contributed by atoms with Gasteiger partial charge >= 0.3 is 5.92 Å². The van der Waals surface area contributed by atoms with Crippen LogP contribution in [0.5, 0.6) is 0 Å². The summed E-state index contributed by atoms with van der Waals surface area (Å²) in [6.45, 7) is 8.00. The molecule has 0 aromatic carbocycles. The summed E-state index contributed by atoms with van der Waals surface area (Å²) >= 11 is 0. The zero-order valence-electron chi connectivity index (χ0n) is 8.49. The zero-order valence-corrected chi connectivity index (χ0v) is 8.49. The van der Waals surface area contributed by atoms with E-state index in [0.29, 0.717) is 0 Å². The van der Waals surface area contributed by atoms with E-state index < -0.39 is 17.5 Å². The van der Waals surface area contributed by atoms with Gasteiger partial charge in [-0.05, 0) is 0 Å². The van der Waals surface area contributed by atoms with Crippen molar-refractivity contribution in [1.29, 1.82) is 0 Å². The van der Waals surface area contributed by atoms with Gasteiger partial charge in [0, 0.05) is 12.8 Å². The van der Waals surface area contributed by atoms with Crippen LogP contribution in [0.25, 0.3) is 0 Å². The van der Waals surface area contributed by atoms with Gasteiger partial charge in [0.05, 0.1) is 0 Å². The molecule has 1 rings (SSSR count). The fraction of sp³-hybridized carbons (Fsp3) is 0.778. The Morgan fingerprint density at radius 1 is 0.923 bits per heavy atom. The molecular weight excluding hydrogens is 178 g/mol. The van der Waals surface area contributed by atoms with E-state index in [1.807, 2.05) is 27.7 Å². The average Bonchev–Trinajstić information content (AvgIpc) is 2.39. The molecule has 0 spiro atoms. The first-order chi connectivity index (χ1) is 6.05. The van der Waals surface area contributed by atoms with Crippen LogP contribution in [0, 0.1) is 0 Å². The van der Waals surface area contributed by atoms with Gasteiger partial charge in [0.25, 0.3) is 0 Å². The van der Waals surface area contributed by atoms with Crippen LogP contribution in [0.3, 0.4) is 0 Å². The highest BCUT2D eigenvalue weighted by atomic mass is 19.3. The fourth-order valence-corrected chi connectivity index (χ4v) is 0.697. The van der Waals surface area contributed by atoms with Gasteiger partial charge < -0.3 is 0 Å². The first-order valence-electron chi connectivity index (χ1n) is 4.49. The summed E-state index contributed by atoms with van der Waals surface area (Å²) < 4.78 is 24.1. The third kappa shape index (κ3) is 3.61. The lowest BCUT2D eigenvalue weighted by Crippen LogP contribution is -2.29. The Morgan fingerprint density at radius 2 is 1.15 bits per heavy atom. The third-order valence-electron chi connectivity index (χ3n) is 1.28. The Hall–Kier alpha value is -0.800. The van der Waals surface area contributed by atoms with E-state index in [4.69, 9.17) is 0 Å². The number of carbonyl (C=O) groups excluding carboxylic acids is 2. The minimum atomic E-state index is -3.67. The lowest BCUT2D eigenvalue weighted by molar-refractivity contribution is -0.149. The Labute approximate surface area is 77.3 Å². The van der Waals surface area contributed by atoms with E-state index in [1.54, 1.807) is 0 Å². The predicted molar refractivity (Wildman–Crippen MR) is 46.9 cm³/mol. The SMILES string of the molecule is CC.CC.O=C1CCC(=O)C1(F)F. The van der Waals surface area contributed by atoms with Gasteiger partial charge in [-0.2, -0.15) is 8.78 Å². The van der Waals surface area contributed by atoms with Crippen molar-refractivity contribution in [2.75, 3.05) is 0 Å². The minimum Gasteiger partial charge on any atom is -0.292 e. The van der Waals surface area contributed by atoms with Crippen LogP contribution in [0.2, 0.25) is 0 Å². The molecule has 0 aliphatic heterocycles. The van der Waals surface area contributed by atoms with Gasteiger partial charge in [-0.1, -0.05) is 27.7 Å². The highest BCUT2D eigenvalue weighted by Crippen LogP contribution is 2.27. The fourth-order valence-electron chi connectivity index (χ4n) is 0.697. The number of ketones is 2. The molecule has 0 bridgehead atoms. The Kier molecular flexibility index (Phi) is 7.57. The van der Waals surface area contributed by atoms with Crippen LogP contribution < -0.4 is 0 Å². The van der Waals surface area contributed by atoms with E-state index in [1.165, 1.54) is 0 Å². The van der Waals surface area contributed by atoms with Crippen molar-refractivity contribution in [2.45, 2.75) is 46.5 Å². The topological polar surface area (TPSA) is 34.1 Å². The van der Waals surface area contributed by atoms with Gasteiger partial charge in [-0.15, -0.1) is 0 Å². The van der Waals surface area contributed by atoms with Gasteiger partial charge in [0.15, 0.2) is 0 Å². The van der Waals surface area contributed by atoms with E-state index >= 15 is 0 Å². The molecule has 0 aromatic rings. The zero-order chi connectivity index (χ0) is 11.1. The second-order valence-electron chi connectivity index (χ2n) is 1.92. The molecule has 2 nitrogen and oxygen atoms in total. The maximum Gasteiger partial charge on any atom is 0.362 e. The van der Waals surface area contributed by atoms with Crippen molar-refractivity contribution in [3.63, 3.8) is 0 Å². The van der Waals surface area contributed by atoms with E-state index in [-0.39, 0.29) is 12.8 Å². The second kappa shape index (κ2) is 6.69. The molecule has 0 N–H and O–H groups in total. The van der Waals surface area contributed by atoms with Crippen LogP contribution in [0.15, 0.2) is 0 Å². The molecule has 1 aliphatic carbocycles. The summed E-state index contributed by atoms with van der Waals surface area (Å²) in [5, 5.41) is 0. The summed E-state index contributed by atoms with van der Waals surface area (Å²) in [5.74, 6) is -6.15. The summed E-state index contributed by atoms with van der Waals surface area (Å²) in [5.41, 5.74) is 0. The summed E-state index contributed by atoms with van der Waals surface area (Å²) in [6.07, 6.45) is -0.600. The molecule has 1 fully saturated rings. The molecule has 0 radical (unpaired) electrons. The maximum absolute atomic E-state index is 12.0. The van der Waals surface area contributed by atoms with Crippen LogP contribution in [-0.4, -0.2) is 17.5 Å². The predicted octanol–water partition coefficient (Wildman–Crippen LogP) is 2.61. The summed E-state index contributed by atoms with van der Waals surface area (Å²) in [6, 6.07) is 0. The average molecular weight is 194 g/mol. The third-order valence-corrected chi connectivity index (χ3v) is 1.28. The summed E-state index contributed by atoms with van der Waals surface area (Å²) in [4.78, 5) is 20.3. The number of carbonyl (C=O) groups is 2. The Balaban J connectivity index is 0. The Bertz CT molecular complexity index is 158. The van der Waals surface area contributed by atoms with Crippen LogP contribution in [0.4, 0.5) is 8.78 Å². The molecule has 0 unspecified atom stereocenters. The first kappa shape index (κ1) is 14.7. The monoisotopic (exact) mass is 194 g/mol. The molecule has 1 aliphatic rings. The molecule has 1 saturated carbocycles. The lowest BCUT2D eigenvalue weighted by atomic mass is 10.3. The van der Waals surface area contributed by atoms with E-state index in [0.717, 1.165) is 0 Å².